The van der Waals surface area contributed by atoms with Crippen molar-refractivity contribution in [2.45, 2.75) is 32.6 Å². The Bertz CT molecular complexity index is 1010. The molecule has 2 atom stereocenters. The van der Waals surface area contributed by atoms with Crippen LogP contribution in [0.4, 0.5) is 0 Å². The number of nitrogens with one attached hydrogen (secondary N) is 2. The molecule has 1 saturated carbocycles. The minimum atomic E-state index is -0.521. The van der Waals surface area contributed by atoms with E-state index in [-0.39, 0.29) is 0 Å². The Labute approximate surface area is 137 Å². The second-order valence-corrected chi connectivity index (χ2v) is 6.90. The molecule has 0 amide bonds. The highest BCUT2D eigenvalue weighted by atomic mass is 16.2. The number of aromatic nitrogens is 5. The molecule has 0 aliphatic heterocycles. The van der Waals surface area contributed by atoms with Gasteiger partial charge in [0.05, 0.1) is 11.3 Å². The molecular formula is C17H19N5O2. The van der Waals surface area contributed by atoms with Crippen molar-refractivity contribution in [1.82, 2.24) is 24.6 Å². The minimum Gasteiger partial charge on any atom is -0.313 e. The molecule has 1 aliphatic rings. The molecule has 0 radical (unpaired) electrons. The van der Waals surface area contributed by atoms with E-state index in [2.05, 4.69) is 33.9 Å². The minimum absolute atomic E-state index is 0.354. The molecule has 0 unspecified atom stereocenters. The number of H-pyrrole nitrogens is 2. The SMILES string of the molecule is CC(C)C[C@H]1C[C@@H]1c1cc(-c2c[nH]c(=O)[nH]c2=O)nn2ccnc12. The van der Waals surface area contributed by atoms with Crippen LogP contribution in [0, 0.1) is 11.8 Å². The van der Waals surface area contributed by atoms with Gasteiger partial charge in [-0.2, -0.15) is 5.10 Å². The Balaban J connectivity index is 1.81. The van der Waals surface area contributed by atoms with Crippen molar-refractivity contribution in [3.63, 3.8) is 0 Å². The van der Waals surface area contributed by atoms with Crippen LogP contribution in [-0.2, 0) is 0 Å². The predicted molar refractivity (Wildman–Crippen MR) is 90.0 cm³/mol. The summed E-state index contributed by atoms with van der Waals surface area (Å²) in [6.45, 7) is 4.47. The van der Waals surface area contributed by atoms with Gasteiger partial charge >= 0.3 is 5.69 Å². The first kappa shape index (κ1) is 14.9. The molecule has 3 heterocycles. The Kier molecular flexibility index (Phi) is 3.37. The summed E-state index contributed by atoms with van der Waals surface area (Å²) >= 11 is 0. The van der Waals surface area contributed by atoms with Gasteiger partial charge in [-0.3, -0.25) is 9.78 Å². The monoisotopic (exact) mass is 325 g/mol. The summed E-state index contributed by atoms with van der Waals surface area (Å²) in [5, 5.41) is 4.46. The van der Waals surface area contributed by atoms with Gasteiger partial charge in [0.1, 0.15) is 0 Å². The molecule has 2 N–H and O–H groups in total. The third-order valence-electron chi connectivity index (χ3n) is 4.58. The topological polar surface area (TPSA) is 95.9 Å². The van der Waals surface area contributed by atoms with Crippen LogP contribution < -0.4 is 11.2 Å². The third kappa shape index (κ3) is 2.55. The van der Waals surface area contributed by atoms with Gasteiger partial charge in [-0.05, 0) is 36.7 Å². The van der Waals surface area contributed by atoms with Gasteiger partial charge in [-0.1, -0.05) is 13.8 Å². The summed E-state index contributed by atoms with van der Waals surface area (Å²) < 4.78 is 1.71. The second kappa shape index (κ2) is 5.43. The van der Waals surface area contributed by atoms with Gasteiger partial charge in [0, 0.05) is 24.2 Å². The highest BCUT2D eigenvalue weighted by Gasteiger charge is 2.40. The van der Waals surface area contributed by atoms with E-state index in [9.17, 15) is 9.59 Å². The van der Waals surface area contributed by atoms with Crippen LogP contribution in [0.15, 0.2) is 34.2 Å². The number of hydrogen-bond acceptors (Lipinski definition) is 4. The molecule has 3 aromatic heterocycles. The van der Waals surface area contributed by atoms with Gasteiger partial charge in [0.25, 0.3) is 5.56 Å². The number of hydrogen-bond donors (Lipinski definition) is 2. The number of nitrogens with zero attached hydrogens (tertiary/aromatic N) is 3. The molecular weight excluding hydrogens is 306 g/mol. The fraction of sp³-hybridized carbons (Fsp3) is 0.412. The highest BCUT2D eigenvalue weighted by molar-refractivity contribution is 5.62. The summed E-state index contributed by atoms with van der Waals surface area (Å²) in [5.74, 6) is 1.79. The fourth-order valence-electron chi connectivity index (χ4n) is 3.44. The molecule has 0 saturated heterocycles. The van der Waals surface area contributed by atoms with Crippen LogP contribution in [0.2, 0.25) is 0 Å². The molecule has 124 valence electrons. The van der Waals surface area contributed by atoms with Crippen molar-refractivity contribution >= 4 is 5.65 Å². The van der Waals surface area contributed by atoms with Crippen LogP contribution in [0.25, 0.3) is 16.9 Å². The average Bonchev–Trinajstić information content (AvgIpc) is 3.09. The van der Waals surface area contributed by atoms with Crippen LogP contribution in [0.1, 0.15) is 38.2 Å². The Morgan fingerprint density at radius 3 is 2.96 bits per heavy atom. The van der Waals surface area contributed by atoms with E-state index in [1.54, 1.807) is 16.9 Å². The van der Waals surface area contributed by atoms with E-state index >= 15 is 0 Å². The van der Waals surface area contributed by atoms with Crippen molar-refractivity contribution in [3.8, 4) is 11.3 Å². The largest absolute Gasteiger partial charge is 0.325 e. The molecule has 7 nitrogen and oxygen atoms in total. The lowest BCUT2D eigenvalue weighted by atomic mass is 10.0. The van der Waals surface area contributed by atoms with E-state index in [0.717, 1.165) is 17.6 Å². The maximum absolute atomic E-state index is 12.1. The number of imidazole rings is 1. The zero-order valence-corrected chi connectivity index (χ0v) is 13.6. The van der Waals surface area contributed by atoms with Crippen molar-refractivity contribution in [2.75, 3.05) is 0 Å². The maximum Gasteiger partial charge on any atom is 0.325 e. The molecule has 0 spiro atoms. The first-order chi connectivity index (χ1) is 11.5. The molecule has 4 rings (SSSR count). The molecule has 1 fully saturated rings. The van der Waals surface area contributed by atoms with Crippen molar-refractivity contribution in [2.24, 2.45) is 11.8 Å². The molecule has 3 aromatic rings. The van der Waals surface area contributed by atoms with E-state index in [4.69, 9.17) is 0 Å². The number of fused-ring (bicyclic) bond motifs is 1. The predicted octanol–water partition coefficient (Wildman–Crippen LogP) is 1.92. The smallest absolute Gasteiger partial charge is 0.313 e. The molecule has 0 aromatic carbocycles. The first-order valence-corrected chi connectivity index (χ1v) is 8.19. The normalized spacial score (nSPS) is 20.0. The first-order valence-electron chi connectivity index (χ1n) is 8.19. The second-order valence-electron chi connectivity index (χ2n) is 6.90. The quantitative estimate of drug-likeness (QED) is 0.766. The Morgan fingerprint density at radius 2 is 2.21 bits per heavy atom. The Morgan fingerprint density at radius 1 is 1.38 bits per heavy atom. The summed E-state index contributed by atoms with van der Waals surface area (Å²) in [7, 11) is 0. The lowest BCUT2D eigenvalue weighted by Gasteiger charge is -2.08. The average molecular weight is 325 g/mol. The van der Waals surface area contributed by atoms with E-state index in [0.29, 0.717) is 29.0 Å². The van der Waals surface area contributed by atoms with Gasteiger partial charge in [0.2, 0.25) is 0 Å². The summed E-state index contributed by atoms with van der Waals surface area (Å²) in [4.78, 5) is 32.5. The zero-order chi connectivity index (χ0) is 16.8. The lowest BCUT2D eigenvalue weighted by molar-refractivity contribution is 0.532. The van der Waals surface area contributed by atoms with Crippen molar-refractivity contribution < 1.29 is 0 Å². The van der Waals surface area contributed by atoms with Gasteiger partial charge < -0.3 is 4.98 Å². The van der Waals surface area contributed by atoms with E-state index < -0.39 is 11.2 Å². The lowest BCUT2D eigenvalue weighted by Crippen LogP contribution is -2.23. The summed E-state index contributed by atoms with van der Waals surface area (Å²) in [6.07, 6.45) is 7.24. The maximum atomic E-state index is 12.1. The fourth-order valence-corrected chi connectivity index (χ4v) is 3.44. The molecule has 1 aliphatic carbocycles. The highest BCUT2D eigenvalue weighted by Crippen LogP contribution is 2.52. The van der Waals surface area contributed by atoms with Crippen LogP contribution >= 0.6 is 0 Å². The summed E-state index contributed by atoms with van der Waals surface area (Å²) in [5.41, 5.74) is 1.91. The standard InChI is InChI=1S/C17H19N5O2/c1-9(2)5-10-6-11(10)12-7-14(21-22-4-3-18-15(12)22)13-8-19-17(24)20-16(13)23/h3-4,7-11H,5-6H2,1-2H3,(H2,19,20,23,24)/t10-,11-/m0/s1. The van der Waals surface area contributed by atoms with Crippen LogP contribution in [-0.4, -0.2) is 24.6 Å². The van der Waals surface area contributed by atoms with Crippen molar-refractivity contribution in [3.05, 3.63) is 51.1 Å². The third-order valence-corrected chi connectivity index (χ3v) is 4.58. The number of aromatic amines is 2. The van der Waals surface area contributed by atoms with Gasteiger partial charge in [-0.15, -0.1) is 0 Å². The van der Waals surface area contributed by atoms with Crippen LogP contribution in [0.3, 0.4) is 0 Å². The molecule has 0 bridgehead atoms. The molecule has 7 heteroatoms. The van der Waals surface area contributed by atoms with E-state index in [1.165, 1.54) is 12.6 Å². The van der Waals surface area contributed by atoms with E-state index in [1.807, 2.05) is 6.07 Å². The summed E-state index contributed by atoms with van der Waals surface area (Å²) in [6, 6.07) is 1.94. The van der Waals surface area contributed by atoms with Gasteiger partial charge in [-0.25, -0.2) is 14.3 Å². The molecule has 24 heavy (non-hydrogen) atoms. The Hall–Kier alpha value is -2.70. The zero-order valence-electron chi connectivity index (χ0n) is 13.6. The van der Waals surface area contributed by atoms with Crippen LogP contribution in [0.5, 0.6) is 0 Å². The van der Waals surface area contributed by atoms with Crippen molar-refractivity contribution in [1.29, 1.82) is 0 Å². The van der Waals surface area contributed by atoms with Gasteiger partial charge in [0.15, 0.2) is 5.65 Å². The number of rotatable bonds is 4.